The average molecular weight is 351 g/mol. The minimum atomic E-state index is -0.532. The molecule has 2 N–H and O–H groups in total. The number of hydrogen-bond acceptors (Lipinski definition) is 4. The molecule has 3 aromatic rings. The molecule has 2 aromatic heterocycles. The Kier molecular flexibility index (Phi) is 4.29. The van der Waals surface area contributed by atoms with E-state index in [1.165, 1.54) is 22.7 Å². The van der Waals surface area contributed by atoms with Gasteiger partial charge in [0.25, 0.3) is 5.56 Å². The van der Waals surface area contributed by atoms with Gasteiger partial charge in [-0.2, -0.15) is 9.61 Å². The summed E-state index contributed by atoms with van der Waals surface area (Å²) in [7, 11) is 3.77. The van der Waals surface area contributed by atoms with Gasteiger partial charge in [0.15, 0.2) is 0 Å². The van der Waals surface area contributed by atoms with E-state index in [0.717, 1.165) is 5.56 Å². The van der Waals surface area contributed by atoms with Crippen molar-refractivity contribution in [2.45, 2.75) is 13.0 Å². The fourth-order valence-electron chi connectivity index (χ4n) is 2.58. The number of aromatic hydroxyl groups is 1. The van der Waals surface area contributed by atoms with E-state index < -0.39 is 11.4 Å². The SMILES string of the molecule is CN(C)Cc1cnn2c(O)c(Cc3c(F)cccc3Cl)c(=O)[nH]c12. The van der Waals surface area contributed by atoms with Gasteiger partial charge < -0.3 is 15.0 Å². The van der Waals surface area contributed by atoms with Gasteiger partial charge in [0.2, 0.25) is 5.88 Å². The Labute approximate surface area is 142 Å². The molecule has 0 saturated heterocycles. The van der Waals surface area contributed by atoms with Crippen molar-refractivity contribution < 1.29 is 9.50 Å². The van der Waals surface area contributed by atoms with Gasteiger partial charge in [-0.25, -0.2) is 4.39 Å². The molecule has 1 aromatic carbocycles. The molecule has 0 unspecified atom stereocenters. The molecule has 0 aliphatic carbocycles. The Morgan fingerprint density at radius 3 is 2.79 bits per heavy atom. The van der Waals surface area contributed by atoms with E-state index >= 15 is 0 Å². The van der Waals surface area contributed by atoms with Crippen molar-refractivity contribution >= 4 is 17.2 Å². The first-order chi connectivity index (χ1) is 11.4. The molecule has 2 heterocycles. The van der Waals surface area contributed by atoms with Crippen molar-refractivity contribution in [3.63, 3.8) is 0 Å². The molecule has 24 heavy (non-hydrogen) atoms. The fraction of sp³-hybridized carbons (Fsp3) is 0.250. The number of benzene rings is 1. The van der Waals surface area contributed by atoms with Crippen molar-refractivity contribution in [2.75, 3.05) is 14.1 Å². The maximum atomic E-state index is 14.0. The summed E-state index contributed by atoms with van der Waals surface area (Å²) < 4.78 is 15.2. The Morgan fingerprint density at radius 2 is 2.12 bits per heavy atom. The molecule has 0 radical (unpaired) electrons. The third-order valence-corrected chi connectivity index (χ3v) is 4.08. The van der Waals surface area contributed by atoms with E-state index in [4.69, 9.17) is 11.6 Å². The van der Waals surface area contributed by atoms with E-state index in [1.807, 2.05) is 19.0 Å². The second kappa shape index (κ2) is 6.26. The molecule has 0 bridgehead atoms. The van der Waals surface area contributed by atoms with Crippen LogP contribution in [0.25, 0.3) is 5.65 Å². The summed E-state index contributed by atoms with van der Waals surface area (Å²) in [6.45, 7) is 0.553. The molecule has 3 rings (SSSR count). The standard InChI is InChI=1S/C16H16ClFN4O2/c1-21(2)8-9-7-19-22-14(9)20-15(23)11(16(22)24)6-10-12(17)4-3-5-13(10)18/h3-5,7,24H,6,8H2,1-2H3,(H,20,23). The van der Waals surface area contributed by atoms with Gasteiger partial charge in [0, 0.05) is 29.1 Å². The van der Waals surface area contributed by atoms with Crippen LogP contribution in [0.3, 0.4) is 0 Å². The minimum Gasteiger partial charge on any atom is -0.493 e. The fourth-order valence-corrected chi connectivity index (χ4v) is 2.81. The van der Waals surface area contributed by atoms with Gasteiger partial charge in [-0.05, 0) is 26.2 Å². The van der Waals surface area contributed by atoms with Gasteiger partial charge in [0.05, 0.1) is 11.8 Å². The zero-order chi connectivity index (χ0) is 17.4. The van der Waals surface area contributed by atoms with Crippen LogP contribution in [0.5, 0.6) is 5.88 Å². The second-order valence-corrected chi connectivity index (χ2v) is 6.21. The van der Waals surface area contributed by atoms with Crippen LogP contribution in [-0.4, -0.2) is 38.7 Å². The molecule has 0 amide bonds. The summed E-state index contributed by atoms with van der Waals surface area (Å²) in [6, 6.07) is 4.27. The monoisotopic (exact) mass is 350 g/mol. The van der Waals surface area contributed by atoms with Crippen LogP contribution in [0.2, 0.25) is 5.02 Å². The molecule has 0 fully saturated rings. The number of nitrogens with one attached hydrogen (secondary N) is 1. The number of aromatic nitrogens is 3. The third-order valence-electron chi connectivity index (χ3n) is 3.72. The van der Waals surface area contributed by atoms with Crippen molar-refractivity contribution in [2.24, 2.45) is 0 Å². The van der Waals surface area contributed by atoms with Crippen molar-refractivity contribution in [1.29, 1.82) is 0 Å². The predicted molar refractivity (Wildman–Crippen MR) is 89.1 cm³/mol. The molecule has 8 heteroatoms. The van der Waals surface area contributed by atoms with Gasteiger partial charge in [0.1, 0.15) is 11.5 Å². The van der Waals surface area contributed by atoms with E-state index in [1.54, 1.807) is 6.20 Å². The number of H-pyrrole nitrogens is 1. The van der Waals surface area contributed by atoms with E-state index in [9.17, 15) is 14.3 Å². The van der Waals surface area contributed by atoms with Crippen molar-refractivity contribution in [1.82, 2.24) is 19.5 Å². The molecule has 0 aliphatic rings. The lowest BCUT2D eigenvalue weighted by Gasteiger charge is -2.10. The molecule has 0 saturated carbocycles. The Bertz CT molecular complexity index is 944. The smallest absolute Gasteiger partial charge is 0.258 e. The largest absolute Gasteiger partial charge is 0.493 e. The molecule has 126 valence electrons. The molecule has 0 spiro atoms. The van der Waals surface area contributed by atoms with Gasteiger partial charge >= 0.3 is 0 Å². The summed E-state index contributed by atoms with van der Waals surface area (Å²) in [4.78, 5) is 17.0. The third kappa shape index (κ3) is 2.88. The lowest BCUT2D eigenvalue weighted by Crippen LogP contribution is -2.18. The van der Waals surface area contributed by atoms with E-state index in [0.29, 0.717) is 12.2 Å². The van der Waals surface area contributed by atoms with Crippen LogP contribution >= 0.6 is 11.6 Å². The number of halogens is 2. The maximum absolute atomic E-state index is 14.0. The van der Waals surface area contributed by atoms with Crippen LogP contribution in [0.1, 0.15) is 16.7 Å². The highest BCUT2D eigenvalue weighted by molar-refractivity contribution is 6.31. The summed E-state index contributed by atoms with van der Waals surface area (Å²) in [5.41, 5.74) is 0.839. The van der Waals surface area contributed by atoms with Crippen LogP contribution in [0.4, 0.5) is 4.39 Å². The Morgan fingerprint density at radius 1 is 1.38 bits per heavy atom. The lowest BCUT2D eigenvalue weighted by molar-refractivity contribution is 0.403. The number of aromatic amines is 1. The highest BCUT2D eigenvalue weighted by atomic mass is 35.5. The van der Waals surface area contributed by atoms with Gasteiger partial charge in [-0.15, -0.1) is 0 Å². The summed E-state index contributed by atoms with van der Waals surface area (Å²) in [5, 5.41) is 14.7. The highest BCUT2D eigenvalue weighted by Gasteiger charge is 2.18. The van der Waals surface area contributed by atoms with E-state index in [-0.39, 0.29) is 28.5 Å². The van der Waals surface area contributed by atoms with Gasteiger partial charge in [-0.3, -0.25) is 4.79 Å². The van der Waals surface area contributed by atoms with Crippen molar-refractivity contribution in [3.05, 3.63) is 62.3 Å². The summed E-state index contributed by atoms with van der Waals surface area (Å²) >= 11 is 6.00. The lowest BCUT2D eigenvalue weighted by atomic mass is 10.1. The zero-order valence-corrected chi connectivity index (χ0v) is 13.9. The normalized spacial score (nSPS) is 11.5. The first kappa shape index (κ1) is 16.5. The van der Waals surface area contributed by atoms with Gasteiger partial charge in [-0.1, -0.05) is 17.7 Å². The summed E-state index contributed by atoms with van der Waals surface area (Å²) in [6.07, 6.45) is 1.44. The molecular weight excluding hydrogens is 335 g/mol. The van der Waals surface area contributed by atoms with E-state index in [2.05, 4.69) is 10.1 Å². The average Bonchev–Trinajstić information content (AvgIpc) is 2.88. The first-order valence-electron chi connectivity index (χ1n) is 7.27. The highest BCUT2D eigenvalue weighted by Crippen LogP contribution is 2.25. The first-order valence-corrected chi connectivity index (χ1v) is 7.64. The Balaban J connectivity index is 2.12. The number of nitrogens with zero attached hydrogens (tertiary/aromatic N) is 3. The number of hydrogen-bond donors (Lipinski definition) is 2. The summed E-state index contributed by atoms with van der Waals surface area (Å²) in [5.74, 6) is -0.853. The zero-order valence-electron chi connectivity index (χ0n) is 13.2. The minimum absolute atomic E-state index is 0.00834. The van der Waals surface area contributed by atoms with Crippen LogP contribution < -0.4 is 5.56 Å². The molecule has 6 nitrogen and oxygen atoms in total. The quantitative estimate of drug-likeness (QED) is 0.756. The van der Waals surface area contributed by atoms with Crippen molar-refractivity contribution in [3.8, 4) is 5.88 Å². The predicted octanol–water partition coefficient (Wildman–Crippen LogP) is 2.17. The molecular formula is C16H16ClFN4O2. The molecule has 0 atom stereocenters. The Hall–Kier alpha value is -2.38. The number of fused-ring (bicyclic) bond motifs is 1. The van der Waals surface area contributed by atoms with Crippen LogP contribution in [0, 0.1) is 5.82 Å². The second-order valence-electron chi connectivity index (χ2n) is 5.80. The van der Waals surface area contributed by atoms with Crippen LogP contribution in [-0.2, 0) is 13.0 Å². The number of rotatable bonds is 4. The topological polar surface area (TPSA) is 73.6 Å². The molecule has 0 aliphatic heterocycles. The van der Waals surface area contributed by atoms with Crippen LogP contribution in [0.15, 0.2) is 29.2 Å². The maximum Gasteiger partial charge on any atom is 0.258 e.